The molecule has 1 heterocycles. The van der Waals surface area contributed by atoms with Crippen molar-refractivity contribution in [2.75, 3.05) is 26.7 Å². The Morgan fingerprint density at radius 2 is 1.59 bits per heavy atom. The number of piperidine rings is 1. The van der Waals surface area contributed by atoms with E-state index in [-0.39, 0.29) is 29.3 Å². The minimum atomic E-state index is -0.695. The van der Waals surface area contributed by atoms with E-state index in [9.17, 15) is 9.59 Å². The number of carbonyl (C=O) groups excluding carboxylic acids is 2. The third-order valence-electron chi connectivity index (χ3n) is 9.42. The minimum Gasteiger partial charge on any atom is -0.489 e. The van der Waals surface area contributed by atoms with E-state index in [1.807, 2.05) is 61.6 Å². The lowest BCUT2D eigenvalue weighted by molar-refractivity contribution is -0.132. The van der Waals surface area contributed by atoms with E-state index in [0.717, 1.165) is 61.3 Å². The molecule has 3 atom stereocenters. The van der Waals surface area contributed by atoms with Crippen LogP contribution in [0, 0.1) is 5.92 Å². The van der Waals surface area contributed by atoms with E-state index >= 15 is 0 Å². The quantitative estimate of drug-likeness (QED) is 0.170. The summed E-state index contributed by atoms with van der Waals surface area (Å²) < 4.78 is 6.00. The molecule has 0 spiro atoms. The molecule has 2 amide bonds. The van der Waals surface area contributed by atoms with E-state index in [0.29, 0.717) is 31.9 Å². The van der Waals surface area contributed by atoms with Crippen LogP contribution in [0.25, 0.3) is 0 Å². The van der Waals surface area contributed by atoms with Crippen LogP contribution in [0.5, 0.6) is 5.75 Å². The first kappa shape index (κ1) is 38.1. The van der Waals surface area contributed by atoms with Gasteiger partial charge in [0.15, 0.2) is 0 Å². The lowest BCUT2D eigenvalue weighted by Crippen LogP contribution is -2.57. The van der Waals surface area contributed by atoms with Gasteiger partial charge in [0.25, 0.3) is 0 Å². The molecule has 2 N–H and O–H groups in total. The topological polar surface area (TPSA) is 73.9 Å². The average molecular weight is 669 g/mol. The summed E-state index contributed by atoms with van der Waals surface area (Å²) in [6.07, 6.45) is 4.19. The van der Waals surface area contributed by atoms with Crippen LogP contribution >= 0.6 is 0 Å². The van der Waals surface area contributed by atoms with Gasteiger partial charge in [-0.15, -0.1) is 0 Å². The van der Waals surface area contributed by atoms with Crippen LogP contribution < -0.4 is 15.4 Å². The summed E-state index contributed by atoms with van der Waals surface area (Å²) in [7, 11) is 2.01. The van der Waals surface area contributed by atoms with E-state index in [1.54, 1.807) is 0 Å². The zero-order valence-electron chi connectivity index (χ0n) is 31.0. The Morgan fingerprint density at radius 3 is 2.22 bits per heavy atom. The molecule has 0 aliphatic carbocycles. The number of likely N-dealkylation sites (N-methyl/N-ethyl adjacent to an activating group) is 1. The number of ether oxygens (including phenoxy) is 1. The molecule has 7 nitrogen and oxygen atoms in total. The Hall–Kier alpha value is -3.68. The van der Waals surface area contributed by atoms with Crippen LogP contribution in [0.4, 0.5) is 0 Å². The molecule has 1 saturated heterocycles. The first-order valence-corrected chi connectivity index (χ1v) is 18.3. The van der Waals surface area contributed by atoms with Gasteiger partial charge in [0.2, 0.25) is 11.8 Å². The molecule has 1 aliphatic rings. The van der Waals surface area contributed by atoms with Crippen molar-refractivity contribution in [1.29, 1.82) is 0 Å². The second-order valence-electron chi connectivity index (χ2n) is 15.3. The number of rotatable bonds is 16. The molecule has 3 unspecified atom stereocenters. The van der Waals surface area contributed by atoms with Crippen LogP contribution in [0.1, 0.15) is 89.5 Å². The van der Waals surface area contributed by atoms with Gasteiger partial charge in [-0.1, -0.05) is 108 Å². The number of carbonyl (C=O) groups is 2. The molecule has 7 heteroatoms. The molecule has 0 saturated carbocycles. The minimum absolute atomic E-state index is 0.0752. The van der Waals surface area contributed by atoms with E-state index in [2.05, 4.69) is 86.2 Å². The summed E-state index contributed by atoms with van der Waals surface area (Å²) in [5, 5.41) is 6.53. The molecule has 0 bridgehead atoms. The highest BCUT2D eigenvalue weighted by atomic mass is 16.5. The number of hydrogen-bond acceptors (Lipinski definition) is 5. The molecule has 3 aromatic rings. The first-order valence-electron chi connectivity index (χ1n) is 18.3. The molecular formula is C42H60N4O3. The van der Waals surface area contributed by atoms with Crippen LogP contribution in [0.15, 0.2) is 78.9 Å². The molecular weight excluding hydrogens is 608 g/mol. The largest absolute Gasteiger partial charge is 0.489 e. The maximum atomic E-state index is 14.1. The Bertz CT molecular complexity index is 1430. The second-order valence-corrected chi connectivity index (χ2v) is 15.3. The van der Waals surface area contributed by atoms with Gasteiger partial charge in [-0.2, -0.15) is 0 Å². The number of likely N-dealkylation sites (tertiary alicyclic amines) is 1. The van der Waals surface area contributed by atoms with Gasteiger partial charge in [-0.25, -0.2) is 0 Å². The first-order chi connectivity index (χ1) is 23.4. The zero-order chi connectivity index (χ0) is 35.4. The Labute approximate surface area is 295 Å². The summed E-state index contributed by atoms with van der Waals surface area (Å²) in [6.45, 7) is 17.2. The predicted octanol–water partition coefficient (Wildman–Crippen LogP) is 7.13. The summed E-state index contributed by atoms with van der Waals surface area (Å²) in [6, 6.07) is 25.7. The SMILES string of the molecule is CCCN1CCCC(NC(=O)C(Cc2ccc(OCc3ccccc3)cc2)NC(=O)C(CC(C)C)N(C)Cc2ccc(C(C)(C)C)cc2)C1. The number of benzene rings is 3. The Morgan fingerprint density at radius 1 is 0.918 bits per heavy atom. The lowest BCUT2D eigenvalue weighted by Gasteiger charge is -2.34. The molecule has 0 aromatic heterocycles. The predicted molar refractivity (Wildman–Crippen MR) is 201 cm³/mol. The Balaban J connectivity index is 1.48. The summed E-state index contributed by atoms with van der Waals surface area (Å²) in [5.41, 5.74) is 4.61. The molecule has 4 rings (SSSR count). The normalized spacial score (nSPS) is 16.7. The van der Waals surface area contributed by atoms with Gasteiger partial charge in [-0.05, 0) is 91.5 Å². The number of amides is 2. The van der Waals surface area contributed by atoms with Crippen LogP contribution in [-0.4, -0.2) is 66.4 Å². The van der Waals surface area contributed by atoms with Crippen molar-refractivity contribution in [2.45, 2.75) is 110 Å². The molecule has 1 aliphatic heterocycles. The highest BCUT2D eigenvalue weighted by molar-refractivity contribution is 5.90. The van der Waals surface area contributed by atoms with Crippen molar-refractivity contribution in [3.05, 3.63) is 101 Å². The molecule has 266 valence electrons. The van der Waals surface area contributed by atoms with Crippen molar-refractivity contribution in [3.8, 4) is 5.75 Å². The van der Waals surface area contributed by atoms with Crippen LogP contribution in [0.2, 0.25) is 0 Å². The second kappa shape index (κ2) is 18.4. The van der Waals surface area contributed by atoms with E-state index < -0.39 is 6.04 Å². The fraction of sp³-hybridized carbons (Fsp3) is 0.524. The third-order valence-corrected chi connectivity index (χ3v) is 9.42. The molecule has 0 radical (unpaired) electrons. The van der Waals surface area contributed by atoms with E-state index in [4.69, 9.17) is 4.74 Å². The van der Waals surface area contributed by atoms with Gasteiger partial charge >= 0.3 is 0 Å². The molecule has 3 aromatic carbocycles. The monoisotopic (exact) mass is 668 g/mol. The van der Waals surface area contributed by atoms with Gasteiger partial charge in [-0.3, -0.25) is 14.5 Å². The number of nitrogens with one attached hydrogen (secondary N) is 2. The maximum Gasteiger partial charge on any atom is 0.243 e. The standard InChI is InChI=1S/C42H60N4O3/c1-8-24-46-25-12-15-36(29-46)43-40(47)38(27-32-18-22-37(23-19-32)49-30-34-13-10-9-11-14-34)44-41(48)39(26-31(2)3)45(7)28-33-16-20-35(21-17-33)42(4,5)6/h9-11,13-14,16-23,31,36,38-39H,8,12,15,24-30H2,1-7H3,(H,43,47)(H,44,48). The third kappa shape index (κ3) is 12.3. The molecule has 49 heavy (non-hydrogen) atoms. The highest BCUT2D eigenvalue weighted by Gasteiger charge is 2.31. The van der Waals surface area contributed by atoms with Crippen molar-refractivity contribution in [3.63, 3.8) is 0 Å². The number of hydrogen-bond donors (Lipinski definition) is 2. The Kier molecular flexibility index (Phi) is 14.3. The lowest BCUT2D eigenvalue weighted by atomic mass is 9.86. The van der Waals surface area contributed by atoms with Crippen molar-refractivity contribution in [2.24, 2.45) is 5.92 Å². The molecule has 1 fully saturated rings. The fourth-order valence-electron chi connectivity index (χ4n) is 6.61. The number of nitrogens with zero attached hydrogens (tertiary/aromatic N) is 2. The van der Waals surface area contributed by atoms with Gasteiger partial charge < -0.3 is 20.3 Å². The van der Waals surface area contributed by atoms with Gasteiger partial charge in [0.1, 0.15) is 18.4 Å². The maximum absolute atomic E-state index is 14.1. The van der Waals surface area contributed by atoms with Crippen molar-refractivity contribution in [1.82, 2.24) is 20.4 Å². The van der Waals surface area contributed by atoms with Crippen molar-refractivity contribution >= 4 is 11.8 Å². The highest BCUT2D eigenvalue weighted by Crippen LogP contribution is 2.23. The van der Waals surface area contributed by atoms with Crippen molar-refractivity contribution < 1.29 is 14.3 Å². The van der Waals surface area contributed by atoms with Crippen LogP contribution in [-0.2, 0) is 34.6 Å². The summed E-state index contributed by atoms with van der Waals surface area (Å²) >= 11 is 0. The van der Waals surface area contributed by atoms with Crippen LogP contribution in [0.3, 0.4) is 0 Å². The van der Waals surface area contributed by atoms with E-state index in [1.165, 1.54) is 5.56 Å². The van der Waals surface area contributed by atoms with Gasteiger partial charge in [0, 0.05) is 25.6 Å². The zero-order valence-corrected chi connectivity index (χ0v) is 31.0. The summed E-state index contributed by atoms with van der Waals surface area (Å²) in [4.78, 5) is 32.7. The van der Waals surface area contributed by atoms with Gasteiger partial charge in [0.05, 0.1) is 6.04 Å². The summed E-state index contributed by atoms with van der Waals surface area (Å²) in [5.74, 6) is 0.848. The smallest absolute Gasteiger partial charge is 0.243 e. The average Bonchev–Trinajstić information content (AvgIpc) is 3.07. The fourth-order valence-corrected chi connectivity index (χ4v) is 6.61.